The molecule has 1 aromatic carbocycles. The van der Waals surface area contributed by atoms with E-state index in [1.165, 1.54) is 18.2 Å². The standard InChI is InChI=1S/C24H25F4N3O5/c1-23(2,3)36-22(35)31-12-17(25)9-20(31)30(13-32)11-15-8-19(29-10-18(15)21(33)34)14-4-6-16(7-5-14)24(26,27)28/h4-8,10,13,17,20H,9,11-12H2,1-3H3,(H,33,34). The van der Waals surface area contributed by atoms with Crippen LogP contribution in [0.1, 0.15) is 48.7 Å². The predicted molar refractivity (Wildman–Crippen MR) is 119 cm³/mol. The molecule has 1 saturated heterocycles. The van der Waals surface area contributed by atoms with E-state index >= 15 is 0 Å². The van der Waals surface area contributed by atoms with Gasteiger partial charge in [-0.2, -0.15) is 13.2 Å². The van der Waals surface area contributed by atoms with Gasteiger partial charge >= 0.3 is 18.2 Å². The molecule has 0 spiro atoms. The van der Waals surface area contributed by atoms with E-state index in [0.717, 1.165) is 28.1 Å². The van der Waals surface area contributed by atoms with Crippen molar-refractivity contribution >= 4 is 18.5 Å². The maximum Gasteiger partial charge on any atom is 0.416 e. The van der Waals surface area contributed by atoms with Gasteiger partial charge in [0.25, 0.3) is 0 Å². The largest absolute Gasteiger partial charge is 0.478 e. The van der Waals surface area contributed by atoms with Gasteiger partial charge in [-0.15, -0.1) is 0 Å². The number of hydrogen-bond acceptors (Lipinski definition) is 5. The quantitative estimate of drug-likeness (QED) is 0.445. The Morgan fingerprint density at radius 2 is 1.86 bits per heavy atom. The maximum atomic E-state index is 14.3. The van der Waals surface area contributed by atoms with Crippen molar-refractivity contribution in [1.82, 2.24) is 14.8 Å². The van der Waals surface area contributed by atoms with Gasteiger partial charge in [0.2, 0.25) is 6.41 Å². The van der Waals surface area contributed by atoms with Crippen molar-refractivity contribution in [3.05, 3.63) is 53.2 Å². The highest BCUT2D eigenvalue weighted by molar-refractivity contribution is 5.89. The number of rotatable bonds is 6. The molecule has 2 atom stereocenters. The Bertz CT molecular complexity index is 1130. The smallest absolute Gasteiger partial charge is 0.416 e. The average Bonchev–Trinajstić information content (AvgIpc) is 3.17. The number of ether oxygens (including phenoxy) is 1. The second kappa shape index (κ2) is 10.1. The van der Waals surface area contributed by atoms with Crippen LogP contribution < -0.4 is 0 Å². The molecule has 1 aliphatic rings. The molecule has 1 aliphatic heterocycles. The molecule has 3 rings (SSSR count). The monoisotopic (exact) mass is 511 g/mol. The molecule has 0 radical (unpaired) electrons. The fraction of sp³-hybridized carbons (Fsp3) is 0.417. The third-order valence-electron chi connectivity index (χ3n) is 5.45. The van der Waals surface area contributed by atoms with Gasteiger partial charge in [0.05, 0.1) is 23.4 Å². The van der Waals surface area contributed by atoms with Crippen LogP contribution in [0.25, 0.3) is 11.3 Å². The van der Waals surface area contributed by atoms with Crippen molar-refractivity contribution in [1.29, 1.82) is 0 Å². The van der Waals surface area contributed by atoms with E-state index in [4.69, 9.17) is 4.74 Å². The van der Waals surface area contributed by atoms with Crippen LogP contribution in [0.3, 0.4) is 0 Å². The van der Waals surface area contributed by atoms with Crippen LogP contribution in [0.4, 0.5) is 22.4 Å². The fourth-order valence-corrected chi connectivity index (χ4v) is 3.81. The molecule has 2 unspecified atom stereocenters. The summed E-state index contributed by atoms with van der Waals surface area (Å²) >= 11 is 0. The Labute approximate surface area is 204 Å². The molecule has 0 aliphatic carbocycles. The van der Waals surface area contributed by atoms with Crippen molar-refractivity contribution < 1.29 is 41.8 Å². The first-order valence-electron chi connectivity index (χ1n) is 10.9. The number of likely N-dealkylation sites (tertiary alicyclic amines) is 1. The van der Waals surface area contributed by atoms with Crippen molar-refractivity contribution in [2.24, 2.45) is 0 Å². The molecule has 0 bridgehead atoms. The molecular weight excluding hydrogens is 486 g/mol. The zero-order chi connectivity index (χ0) is 26.8. The first-order chi connectivity index (χ1) is 16.7. The number of aromatic nitrogens is 1. The topological polar surface area (TPSA) is 100 Å². The van der Waals surface area contributed by atoms with Gasteiger partial charge in [-0.05, 0) is 44.5 Å². The van der Waals surface area contributed by atoms with Gasteiger partial charge in [-0.1, -0.05) is 12.1 Å². The molecule has 2 amide bonds. The van der Waals surface area contributed by atoms with E-state index in [1.807, 2.05) is 0 Å². The molecule has 8 nitrogen and oxygen atoms in total. The zero-order valence-corrected chi connectivity index (χ0v) is 19.8. The Morgan fingerprint density at radius 1 is 1.22 bits per heavy atom. The van der Waals surface area contributed by atoms with Crippen molar-refractivity contribution in [3.8, 4) is 11.3 Å². The van der Waals surface area contributed by atoms with Gasteiger partial charge in [0.15, 0.2) is 0 Å². The van der Waals surface area contributed by atoms with Crippen LogP contribution in [0.15, 0.2) is 36.5 Å². The van der Waals surface area contributed by atoms with Gasteiger partial charge in [0.1, 0.15) is 17.9 Å². The number of pyridine rings is 1. The number of carbonyl (C=O) groups excluding carboxylic acids is 2. The van der Waals surface area contributed by atoms with Gasteiger partial charge in [-0.25, -0.2) is 14.0 Å². The molecule has 36 heavy (non-hydrogen) atoms. The number of halogens is 4. The normalized spacial score (nSPS) is 18.1. The van der Waals surface area contributed by atoms with Crippen molar-refractivity contribution in [3.63, 3.8) is 0 Å². The summed E-state index contributed by atoms with van der Waals surface area (Å²) in [5.74, 6) is -1.35. The third-order valence-corrected chi connectivity index (χ3v) is 5.45. The summed E-state index contributed by atoms with van der Waals surface area (Å²) < 4.78 is 58.2. The lowest BCUT2D eigenvalue weighted by molar-refractivity contribution is -0.137. The molecule has 1 fully saturated rings. The number of benzene rings is 1. The summed E-state index contributed by atoms with van der Waals surface area (Å²) in [6.45, 7) is 4.29. The molecule has 2 heterocycles. The summed E-state index contributed by atoms with van der Waals surface area (Å²) in [4.78, 5) is 42.6. The van der Waals surface area contributed by atoms with E-state index in [1.54, 1.807) is 20.8 Å². The summed E-state index contributed by atoms with van der Waals surface area (Å²) in [5.41, 5.74) is -1.40. The van der Waals surface area contributed by atoms with Crippen molar-refractivity contribution in [2.75, 3.05) is 6.54 Å². The lowest BCUT2D eigenvalue weighted by Crippen LogP contribution is -2.48. The van der Waals surface area contributed by atoms with Gasteiger partial charge in [-0.3, -0.25) is 14.7 Å². The Hall–Kier alpha value is -3.70. The summed E-state index contributed by atoms with van der Waals surface area (Å²) in [5, 5.41) is 9.60. The van der Waals surface area contributed by atoms with Crippen LogP contribution in [0.2, 0.25) is 0 Å². The van der Waals surface area contributed by atoms with Gasteiger partial charge in [0, 0.05) is 24.7 Å². The lowest BCUT2D eigenvalue weighted by Gasteiger charge is -2.33. The molecule has 12 heteroatoms. The first kappa shape index (κ1) is 26.9. The number of hydrogen-bond donors (Lipinski definition) is 1. The fourth-order valence-electron chi connectivity index (χ4n) is 3.81. The molecule has 2 aromatic rings. The number of amides is 2. The number of aromatic carboxylic acids is 1. The van der Waals surface area contributed by atoms with Crippen LogP contribution in [-0.2, 0) is 22.3 Å². The van der Waals surface area contributed by atoms with Crippen LogP contribution in [0.5, 0.6) is 0 Å². The minimum absolute atomic E-state index is 0.103. The first-order valence-corrected chi connectivity index (χ1v) is 10.9. The van der Waals surface area contributed by atoms with E-state index in [2.05, 4.69) is 4.98 Å². The Balaban J connectivity index is 1.93. The number of alkyl halides is 4. The van der Waals surface area contributed by atoms with E-state index in [0.29, 0.717) is 12.0 Å². The molecule has 1 aromatic heterocycles. The number of carboxylic acid groups (broad SMARTS) is 1. The highest BCUT2D eigenvalue weighted by atomic mass is 19.4. The van der Waals surface area contributed by atoms with Crippen LogP contribution >= 0.6 is 0 Å². The number of carboxylic acids is 1. The highest BCUT2D eigenvalue weighted by Crippen LogP contribution is 2.32. The SMILES string of the molecule is CC(C)(C)OC(=O)N1CC(F)CC1N(C=O)Cc1cc(-c2ccc(C(F)(F)F)cc2)ncc1C(=O)O. The highest BCUT2D eigenvalue weighted by Gasteiger charge is 2.41. The summed E-state index contributed by atoms with van der Waals surface area (Å²) in [7, 11) is 0. The van der Waals surface area contributed by atoms with Crippen molar-refractivity contribution in [2.45, 2.75) is 57.9 Å². The number of nitrogens with zero attached hydrogens (tertiary/aromatic N) is 3. The average molecular weight is 511 g/mol. The van der Waals surface area contributed by atoms with E-state index in [9.17, 15) is 37.1 Å². The van der Waals surface area contributed by atoms with Gasteiger partial charge < -0.3 is 14.7 Å². The lowest BCUT2D eigenvalue weighted by atomic mass is 10.0. The second-order valence-electron chi connectivity index (χ2n) is 9.33. The van der Waals surface area contributed by atoms with E-state index < -0.39 is 41.7 Å². The number of carbonyl (C=O) groups is 3. The predicted octanol–water partition coefficient (Wildman–Crippen LogP) is 4.73. The molecule has 1 N–H and O–H groups in total. The summed E-state index contributed by atoms with van der Waals surface area (Å²) in [6, 6.07) is 5.47. The minimum Gasteiger partial charge on any atom is -0.478 e. The maximum absolute atomic E-state index is 14.3. The second-order valence-corrected chi connectivity index (χ2v) is 9.33. The third kappa shape index (κ3) is 6.29. The Morgan fingerprint density at radius 3 is 2.39 bits per heavy atom. The molecule has 194 valence electrons. The molecular formula is C24H25F4N3O5. The minimum atomic E-state index is -4.52. The zero-order valence-electron chi connectivity index (χ0n) is 19.8. The summed E-state index contributed by atoms with van der Waals surface area (Å²) in [6.07, 6.45) is -6.59. The van der Waals surface area contributed by atoms with Crippen LogP contribution in [-0.4, -0.2) is 62.8 Å². The van der Waals surface area contributed by atoms with E-state index in [-0.39, 0.29) is 36.3 Å². The van der Waals surface area contributed by atoms with Crippen LogP contribution in [0, 0.1) is 0 Å². The molecule has 0 saturated carbocycles. The Kier molecular flexibility index (Phi) is 7.56.